The van der Waals surface area contributed by atoms with Crippen LogP contribution >= 0.6 is 0 Å². The van der Waals surface area contributed by atoms with Gasteiger partial charge < -0.3 is 14.8 Å². The summed E-state index contributed by atoms with van der Waals surface area (Å²) in [6, 6.07) is 5.77. The maximum atomic E-state index is 13.7. The van der Waals surface area contributed by atoms with Gasteiger partial charge in [0.15, 0.2) is 0 Å². The van der Waals surface area contributed by atoms with Gasteiger partial charge in [-0.3, -0.25) is 4.79 Å². The third kappa shape index (κ3) is 4.82. The molecule has 0 radical (unpaired) electrons. The predicted octanol–water partition coefficient (Wildman–Crippen LogP) is 2.71. The summed E-state index contributed by atoms with van der Waals surface area (Å²) in [6.07, 6.45) is -2.71. The van der Waals surface area contributed by atoms with E-state index >= 15 is 0 Å². The Hall–Kier alpha value is -2.35. The van der Waals surface area contributed by atoms with Crippen molar-refractivity contribution in [1.29, 1.82) is 0 Å². The molecule has 1 aromatic rings. The van der Waals surface area contributed by atoms with Crippen LogP contribution in [-0.4, -0.2) is 37.8 Å². The number of nitrogens with one attached hydrogen (secondary N) is 1. The van der Waals surface area contributed by atoms with Crippen molar-refractivity contribution in [3.05, 3.63) is 48.0 Å². The zero-order valence-corrected chi connectivity index (χ0v) is 14.1. The number of carbonyl (C=O) groups excluding carboxylic acids is 2. The highest BCUT2D eigenvalue weighted by Gasteiger charge is 2.62. The molecule has 0 saturated heterocycles. The zero-order valence-electron chi connectivity index (χ0n) is 14.1. The Kier molecular flexibility index (Phi) is 7.17. The van der Waals surface area contributed by atoms with E-state index in [4.69, 9.17) is 0 Å². The molecule has 0 saturated carbocycles. The lowest BCUT2D eigenvalue weighted by atomic mass is 9.91. The number of esters is 1. The van der Waals surface area contributed by atoms with Crippen molar-refractivity contribution >= 4 is 11.9 Å². The molecule has 5 nitrogen and oxygen atoms in total. The molecule has 1 N–H and O–H groups in total. The van der Waals surface area contributed by atoms with Crippen LogP contribution in [0.1, 0.15) is 19.4 Å². The van der Waals surface area contributed by atoms with Crippen LogP contribution in [-0.2, 0) is 24.7 Å². The van der Waals surface area contributed by atoms with Gasteiger partial charge in [0.05, 0.1) is 6.61 Å². The normalized spacial score (nSPS) is 15.4. The molecule has 25 heavy (non-hydrogen) atoms. The second-order valence-electron chi connectivity index (χ2n) is 5.12. The topological polar surface area (TPSA) is 64.6 Å². The number of amides is 1. The molecule has 0 aliphatic heterocycles. The SMILES string of the molecule is CCOC(=O)/C=C/[C@H](C)NC(=O)[C@@](OC)(c1ccccc1)C(F)(F)F. The zero-order chi connectivity index (χ0) is 19.1. The van der Waals surface area contributed by atoms with Crippen LogP contribution in [0.15, 0.2) is 42.5 Å². The number of methoxy groups -OCH3 is 1. The first kappa shape index (κ1) is 20.7. The molecule has 0 aliphatic rings. The molecule has 0 heterocycles. The van der Waals surface area contributed by atoms with E-state index in [2.05, 4.69) is 14.8 Å². The van der Waals surface area contributed by atoms with E-state index in [-0.39, 0.29) is 12.2 Å². The van der Waals surface area contributed by atoms with Crippen molar-refractivity contribution < 1.29 is 32.2 Å². The highest BCUT2D eigenvalue weighted by molar-refractivity contribution is 5.88. The Bertz CT molecular complexity index is 616. The minimum Gasteiger partial charge on any atom is -0.463 e. The lowest BCUT2D eigenvalue weighted by Crippen LogP contribution is -2.57. The van der Waals surface area contributed by atoms with Gasteiger partial charge in [0, 0.05) is 24.8 Å². The van der Waals surface area contributed by atoms with Gasteiger partial charge in [-0.05, 0) is 13.8 Å². The number of hydrogen-bond donors (Lipinski definition) is 1. The summed E-state index contributed by atoms with van der Waals surface area (Å²) < 4.78 is 50.4. The maximum absolute atomic E-state index is 13.7. The molecule has 0 unspecified atom stereocenters. The third-order valence-electron chi connectivity index (χ3n) is 3.37. The number of halogens is 3. The van der Waals surface area contributed by atoms with Crippen LogP contribution in [0.3, 0.4) is 0 Å². The Balaban J connectivity index is 3.08. The number of carbonyl (C=O) groups is 2. The lowest BCUT2D eigenvalue weighted by Gasteiger charge is -2.34. The van der Waals surface area contributed by atoms with E-state index in [1.165, 1.54) is 31.2 Å². The Labute approximate surface area is 143 Å². The molecule has 1 rings (SSSR count). The molecule has 0 aromatic heterocycles. The van der Waals surface area contributed by atoms with Crippen molar-refractivity contribution in [3.63, 3.8) is 0 Å². The van der Waals surface area contributed by atoms with Crippen molar-refractivity contribution in [2.75, 3.05) is 13.7 Å². The summed E-state index contributed by atoms with van der Waals surface area (Å²) in [6.45, 7) is 3.21. The molecule has 138 valence electrons. The van der Waals surface area contributed by atoms with Crippen molar-refractivity contribution in [2.45, 2.75) is 31.7 Å². The van der Waals surface area contributed by atoms with Gasteiger partial charge in [-0.25, -0.2) is 4.79 Å². The second-order valence-corrected chi connectivity index (χ2v) is 5.12. The molecule has 2 atom stereocenters. The van der Waals surface area contributed by atoms with Gasteiger partial charge in [0.25, 0.3) is 11.5 Å². The van der Waals surface area contributed by atoms with E-state index < -0.39 is 29.7 Å². The van der Waals surface area contributed by atoms with Crippen molar-refractivity contribution in [2.24, 2.45) is 0 Å². The maximum Gasteiger partial charge on any atom is 0.430 e. The monoisotopic (exact) mass is 359 g/mol. The Morgan fingerprint density at radius 2 is 1.84 bits per heavy atom. The Morgan fingerprint density at radius 1 is 1.24 bits per heavy atom. The summed E-state index contributed by atoms with van der Waals surface area (Å²) in [7, 11) is 0.819. The van der Waals surface area contributed by atoms with Crippen LogP contribution in [0.4, 0.5) is 13.2 Å². The van der Waals surface area contributed by atoms with E-state index in [0.717, 1.165) is 25.3 Å². The fraction of sp³-hybridized carbons (Fsp3) is 0.412. The van der Waals surface area contributed by atoms with Crippen LogP contribution in [0, 0.1) is 0 Å². The highest BCUT2D eigenvalue weighted by Crippen LogP contribution is 2.42. The van der Waals surface area contributed by atoms with Gasteiger partial charge in [0.2, 0.25) is 0 Å². The molecule has 0 bridgehead atoms. The van der Waals surface area contributed by atoms with Gasteiger partial charge in [0.1, 0.15) is 0 Å². The summed E-state index contributed by atoms with van der Waals surface area (Å²) >= 11 is 0. The molecule has 1 aromatic carbocycles. The summed E-state index contributed by atoms with van der Waals surface area (Å²) in [5.74, 6) is -2.03. The minimum atomic E-state index is -4.99. The van der Waals surface area contributed by atoms with Gasteiger partial charge in [-0.2, -0.15) is 13.2 Å². The molecular formula is C17H20F3NO4. The lowest BCUT2D eigenvalue weighted by molar-refractivity contribution is -0.265. The number of hydrogen-bond acceptors (Lipinski definition) is 4. The predicted molar refractivity (Wildman–Crippen MR) is 84.6 cm³/mol. The summed E-state index contributed by atoms with van der Waals surface area (Å²) in [5.41, 5.74) is -3.50. The first-order chi connectivity index (χ1) is 11.7. The second kappa shape index (κ2) is 8.66. The molecule has 0 fully saturated rings. The van der Waals surface area contributed by atoms with Crippen LogP contribution in [0.2, 0.25) is 0 Å². The van der Waals surface area contributed by atoms with Crippen LogP contribution < -0.4 is 5.32 Å². The fourth-order valence-electron chi connectivity index (χ4n) is 2.19. The minimum absolute atomic E-state index is 0.165. The quantitative estimate of drug-likeness (QED) is 0.601. The number of benzene rings is 1. The first-order valence-corrected chi connectivity index (χ1v) is 7.52. The smallest absolute Gasteiger partial charge is 0.430 e. The van der Waals surface area contributed by atoms with Gasteiger partial charge in [-0.1, -0.05) is 36.4 Å². The van der Waals surface area contributed by atoms with E-state index in [9.17, 15) is 22.8 Å². The van der Waals surface area contributed by atoms with E-state index in [1.54, 1.807) is 6.92 Å². The summed E-state index contributed by atoms with van der Waals surface area (Å²) in [5, 5.41) is 2.20. The largest absolute Gasteiger partial charge is 0.463 e. The third-order valence-corrected chi connectivity index (χ3v) is 3.37. The molecule has 1 amide bonds. The van der Waals surface area contributed by atoms with Crippen molar-refractivity contribution in [3.8, 4) is 0 Å². The van der Waals surface area contributed by atoms with E-state index in [1.807, 2.05) is 0 Å². The average Bonchev–Trinajstić information content (AvgIpc) is 2.54. The van der Waals surface area contributed by atoms with Crippen LogP contribution in [0.5, 0.6) is 0 Å². The van der Waals surface area contributed by atoms with E-state index in [0.29, 0.717) is 0 Å². The van der Waals surface area contributed by atoms with Gasteiger partial charge >= 0.3 is 12.1 Å². The summed E-state index contributed by atoms with van der Waals surface area (Å²) in [4.78, 5) is 23.7. The number of rotatable bonds is 7. The van der Waals surface area contributed by atoms with Crippen LogP contribution in [0.25, 0.3) is 0 Å². The molecular weight excluding hydrogens is 339 g/mol. The number of alkyl halides is 3. The first-order valence-electron chi connectivity index (χ1n) is 7.52. The Morgan fingerprint density at radius 3 is 2.32 bits per heavy atom. The van der Waals surface area contributed by atoms with Gasteiger partial charge in [-0.15, -0.1) is 0 Å². The highest BCUT2D eigenvalue weighted by atomic mass is 19.4. The standard InChI is InChI=1S/C17H20F3NO4/c1-4-25-14(22)11-10-12(2)21-15(23)16(24-3,17(18,19)20)13-8-6-5-7-9-13/h5-12H,4H2,1-3H3,(H,21,23)/b11-10+/t12-,16-/m0/s1. The van der Waals surface area contributed by atoms with Crippen molar-refractivity contribution in [1.82, 2.24) is 5.32 Å². The number of ether oxygens (including phenoxy) is 2. The molecule has 0 aliphatic carbocycles. The molecule has 0 spiro atoms. The molecule has 8 heteroatoms. The fourth-order valence-corrected chi connectivity index (χ4v) is 2.19. The average molecular weight is 359 g/mol.